The molecule has 0 spiro atoms. The minimum Gasteiger partial charge on any atom is -0.353 e. The van der Waals surface area contributed by atoms with Crippen LogP contribution in [0.5, 0.6) is 0 Å². The van der Waals surface area contributed by atoms with E-state index >= 15 is 0 Å². The predicted molar refractivity (Wildman–Crippen MR) is 109 cm³/mol. The highest BCUT2D eigenvalue weighted by Crippen LogP contribution is 2.35. The molecule has 1 rings (SSSR count). The van der Waals surface area contributed by atoms with Crippen molar-refractivity contribution < 1.29 is 9.59 Å². The Labute approximate surface area is 163 Å². The maximum atomic E-state index is 12.9. The van der Waals surface area contributed by atoms with Crippen LogP contribution in [0, 0.1) is 17.3 Å². The van der Waals surface area contributed by atoms with Crippen LogP contribution in [-0.2, 0) is 9.59 Å². The van der Waals surface area contributed by atoms with Crippen LogP contribution in [-0.4, -0.2) is 24.4 Å². The summed E-state index contributed by atoms with van der Waals surface area (Å²) in [7, 11) is 0. The molecule has 0 saturated heterocycles. The van der Waals surface area contributed by atoms with Gasteiger partial charge in [-0.25, -0.2) is 0 Å². The fourth-order valence-corrected chi connectivity index (χ4v) is 2.82. The maximum absolute atomic E-state index is 12.9. The van der Waals surface area contributed by atoms with E-state index in [1.165, 1.54) is 0 Å². The lowest BCUT2D eigenvalue weighted by Gasteiger charge is -2.36. The Morgan fingerprint density at radius 3 is 1.96 bits per heavy atom. The fourth-order valence-electron chi connectivity index (χ4n) is 2.82. The molecule has 0 aliphatic rings. The highest BCUT2D eigenvalue weighted by molar-refractivity contribution is 5.85. The zero-order valence-electron chi connectivity index (χ0n) is 16.7. The quantitative estimate of drug-likeness (QED) is 0.645. The Morgan fingerprint density at radius 2 is 1.54 bits per heavy atom. The number of hydrogen-bond donors (Lipinski definition) is 3. The largest absolute Gasteiger partial charge is 0.353 e. The van der Waals surface area contributed by atoms with E-state index in [4.69, 9.17) is 5.73 Å². The molecule has 2 unspecified atom stereocenters. The van der Waals surface area contributed by atoms with E-state index in [1.54, 1.807) is 6.92 Å². The Hall–Kier alpha value is -1.59. The van der Waals surface area contributed by atoms with Crippen molar-refractivity contribution in [3.63, 3.8) is 0 Å². The van der Waals surface area contributed by atoms with Gasteiger partial charge in [0.05, 0.1) is 17.5 Å². The van der Waals surface area contributed by atoms with Gasteiger partial charge in [-0.3, -0.25) is 9.59 Å². The molecule has 148 valence electrons. The number of benzene rings is 1. The van der Waals surface area contributed by atoms with Gasteiger partial charge in [0.1, 0.15) is 0 Å². The number of amides is 2. The van der Waals surface area contributed by atoms with Crippen molar-refractivity contribution in [1.29, 1.82) is 0 Å². The molecular formula is C20H34ClN3O2. The Bertz CT molecular complexity index is 566. The van der Waals surface area contributed by atoms with Gasteiger partial charge in [0, 0.05) is 6.54 Å². The Kier molecular flexibility index (Phi) is 9.89. The summed E-state index contributed by atoms with van der Waals surface area (Å²) in [5.74, 6) is 0.190. The summed E-state index contributed by atoms with van der Waals surface area (Å²) in [5.41, 5.74) is 6.14. The smallest absolute Gasteiger partial charge is 0.237 e. The van der Waals surface area contributed by atoms with E-state index < -0.39 is 11.5 Å². The molecule has 5 nitrogen and oxygen atoms in total. The van der Waals surface area contributed by atoms with Gasteiger partial charge in [0.25, 0.3) is 0 Å². The Balaban J connectivity index is 0.00000625. The topological polar surface area (TPSA) is 84.2 Å². The summed E-state index contributed by atoms with van der Waals surface area (Å²) < 4.78 is 0. The van der Waals surface area contributed by atoms with E-state index in [1.807, 2.05) is 37.3 Å². The van der Waals surface area contributed by atoms with Crippen LogP contribution >= 0.6 is 12.4 Å². The van der Waals surface area contributed by atoms with E-state index in [9.17, 15) is 9.59 Å². The van der Waals surface area contributed by atoms with Gasteiger partial charge in [0.2, 0.25) is 11.8 Å². The molecule has 0 aliphatic heterocycles. The Morgan fingerprint density at radius 1 is 1.04 bits per heavy atom. The number of nitrogens with two attached hydrogens (primary N) is 1. The molecule has 6 heteroatoms. The van der Waals surface area contributed by atoms with E-state index in [0.717, 1.165) is 5.56 Å². The standard InChI is InChI=1S/C20H33N3O2.ClH/c1-13(2)20(6,14(3)4)19(25)22-12-17(23-18(24)15(5)21)16-10-8-7-9-11-16;/h7-11,13-15,17H,12,21H2,1-6H3,(H,22,25)(H,23,24);1H. The zero-order valence-corrected chi connectivity index (χ0v) is 17.5. The number of carbonyl (C=O) groups is 2. The number of carbonyl (C=O) groups excluding carboxylic acids is 2. The summed E-state index contributed by atoms with van der Waals surface area (Å²) in [6.45, 7) is 12.2. The zero-order chi connectivity index (χ0) is 19.2. The molecule has 0 bridgehead atoms. The third-order valence-electron chi connectivity index (χ3n) is 5.29. The lowest BCUT2D eigenvalue weighted by molar-refractivity contribution is -0.136. The molecule has 0 saturated carbocycles. The van der Waals surface area contributed by atoms with Crippen molar-refractivity contribution in [3.8, 4) is 0 Å². The first-order chi connectivity index (χ1) is 11.6. The van der Waals surface area contributed by atoms with Crippen molar-refractivity contribution in [2.24, 2.45) is 23.0 Å². The highest BCUT2D eigenvalue weighted by atomic mass is 35.5. The molecule has 1 aromatic rings. The fraction of sp³-hybridized carbons (Fsp3) is 0.600. The number of rotatable bonds is 8. The summed E-state index contributed by atoms with van der Waals surface area (Å²) in [6.07, 6.45) is 0. The summed E-state index contributed by atoms with van der Waals surface area (Å²) >= 11 is 0. The van der Waals surface area contributed by atoms with Gasteiger partial charge < -0.3 is 16.4 Å². The molecular weight excluding hydrogens is 350 g/mol. The lowest BCUT2D eigenvalue weighted by atomic mass is 9.70. The molecule has 0 radical (unpaired) electrons. The van der Waals surface area contributed by atoms with Crippen LogP contribution in [0.4, 0.5) is 0 Å². The third-order valence-corrected chi connectivity index (χ3v) is 5.29. The maximum Gasteiger partial charge on any atom is 0.237 e. The average Bonchev–Trinajstić information content (AvgIpc) is 2.57. The minimum absolute atomic E-state index is 0. The van der Waals surface area contributed by atoms with Crippen molar-refractivity contribution in [1.82, 2.24) is 10.6 Å². The summed E-state index contributed by atoms with van der Waals surface area (Å²) in [5, 5.41) is 5.95. The van der Waals surface area contributed by atoms with Gasteiger partial charge >= 0.3 is 0 Å². The molecule has 2 amide bonds. The lowest BCUT2D eigenvalue weighted by Crippen LogP contribution is -2.49. The van der Waals surface area contributed by atoms with Crippen molar-refractivity contribution in [3.05, 3.63) is 35.9 Å². The van der Waals surface area contributed by atoms with Gasteiger partial charge in [-0.1, -0.05) is 65.0 Å². The van der Waals surface area contributed by atoms with E-state index in [2.05, 4.69) is 38.3 Å². The molecule has 0 aromatic heterocycles. The molecule has 0 aliphatic carbocycles. The van der Waals surface area contributed by atoms with Gasteiger partial charge in [-0.05, 0) is 24.3 Å². The van der Waals surface area contributed by atoms with Gasteiger partial charge in [-0.2, -0.15) is 0 Å². The normalized spacial score (nSPS) is 13.7. The van der Waals surface area contributed by atoms with Crippen LogP contribution < -0.4 is 16.4 Å². The monoisotopic (exact) mass is 383 g/mol. The summed E-state index contributed by atoms with van der Waals surface area (Å²) in [6, 6.07) is 8.69. The van der Waals surface area contributed by atoms with Crippen LogP contribution in [0.15, 0.2) is 30.3 Å². The van der Waals surface area contributed by atoms with Crippen LogP contribution in [0.1, 0.15) is 53.1 Å². The number of hydrogen-bond acceptors (Lipinski definition) is 3. The van der Waals surface area contributed by atoms with E-state index in [0.29, 0.717) is 6.54 Å². The van der Waals surface area contributed by atoms with Gasteiger partial charge in [0.15, 0.2) is 0 Å². The first-order valence-electron chi connectivity index (χ1n) is 8.99. The SMILES string of the molecule is CC(N)C(=O)NC(CNC(=O)C(C)(C(C)C)C(C)C)c1ccccc1.Cl. The molecule has 4 N–H and O–H groups in total. The molecule has 2 atom stereocenters. The first kappa shape index (κ1) is 24.4. The average molecular weight is 384 g/mol. The second-order valence-corrected chi connectivity index (χ2v) is 7.56. The van der Waals surface area contributed by atoms with Gasteiger partial charge in [-0.15, -0.1) is 12.4 Å². The predicted octanol–water partition coefficient (Wildman–Crippen LogP) is 3.05. The van der Waals surface area contributed by atoms with Crippen LogP contribution in [0.3, 0.4) is 0 Å². The van der Waals surface area contributed by atoms with Crippen molar-refractivity contribution in [2.75, 3.05) is 6.54 Å². The van der Waals surface area contributed by atoms with Crippen LogP contribution in [0.25, 0.3) is 0 Å². The van der Waals surface area contributed by atoms with Crippen molar-refractivity contribution in [2.45, 2.75) is 53.6 Å². The minimum atomic E-state index is -0.599. The third kappa shape index (κ3) is 5.99. The molecule has 26 heavy (non-hydrogen) atoms. The highest BCUT2D eigenvalue weighted by Gasteiger charge is 2.39. The number of nitrogens with one attached hydrogen (secondary N) is 2. The molecule has 1 aromatic carbocycles. The van der Waals surface area contributed by atoms with Crippen LogP contribution in [0.2, 0.25) is 0 Å². The summed E-state index contributed by atoms with van der Waals surface area (Å²) in [4.78, 5) is 24.9. The number of halogens is 1. The second kappa shape index (κ2) is 10.5. The second-order valence-electron chi connectivity index (χ2n) is 7.56. The first-order valence-corrected chi connectivity index (χ1v) is 8.99. The molecule has 0 fully saturated rings. The van der Waals surface area contributed by atoms with Crippen molar-refractivity contribution >= 4 is 24.2 Å². The molecule has 0 heterocycles. The van der Waals surface area contributed by atoms with E-state index in [-0.39, 0.29) is 42.1 Å².